The summed E-state index contributed by atoms with van der Waals surface area (Å²) in [4.78, 5) is 21.6. The maximum atomic E-state index is 15.0. The Hall–Kier alpha value is -4.75. The van der Waals surface area contributed by atoms with Crippen molar-refractivity contribution in [2.45, 2.75) is 32.9 Å². The fourth-order valence-corrected chi connectivity index (χ4v) is 4.56. The number of nitrogens with one attached hydrogen (secondary N) is 2. The maximum absolute atomic E-state index is 15.0. The highest BCUT2D eigenvalue weighted by molar-refractivity contribution is 6.08. The van der Waals surface area contributed by atoms with Crippen molar-refractivity contribution in [2.24, 2.45) is 10.4 Å². The summed E-state index contributed by atoms with van der Waals surface area (Å²) in [5.74, 6) is -0.972. The molecule has 1 atom stereocenters. The van der Waals surface area contributed by atoms with Gasteiger partial charge < -0.3 is 23.0 Å². The highest BCUT2D eigenvalue weighted by atomic mass is 35.5. The Morgan fingerprint density at radius 1 is 1.09 bits per heavy atom. The number of methoxy groups -OCH3 is 1. The molecule has 1 unspecified atom stereocenters. The number of pyridine rings is 1. The number of amides is 1. The molecule has 45 heavy (non-hydrogen) atoms. The third-order valence-corrected chi connectivity index (χ3v) is 7.25. The van der Waals surface area contributed by atoms with E-state index in [1.54, 1.807) is 7.11 Å². The van der Waals surface area contributed by atoms with E-state index in [9.17, 15) is 13.6 Å². The number of aliphatic imine (C=N–C) groups is 1. The minimum absolute atomic E-state index is 0.0243. The van der Waals surface area contributed by atoms with E-state index < -0.39 is 24.0 Å². The van der Waals surface area contributed by atoms with Gasteiger partial charge in [-0.25, -0.2) is 13.8 Å². The van der Waals surface area contributed by atoms with Crippen molar-refractivity contribution < 1.29 is 36.6 Å². The zero-order valence-electron chi connectivity index (χ0n) is 24.6. The number of ether oxygens (including phenoxy) is 3. The van der Waals surface area contributed by atoms with E-state index in [0.29, 0.717) is 13.2 Å². The Morgan fingerprint density at radius 3 is 2.60 bits per heavy atom. The number of hydrogen-bond acceptors (Lipinski definition) is 9. The van der Waals surface area contributed by atoms with E-state index in [4.69, 9.17) is 35.6 Å². The molecule has 236 valence electrons. The fraction of sp³-hybridized carbons (Fsp3) is 0.290. The Balaban J connectivity index is 1.28. The van der Waals surface area contributed by atoms with Crippen LogP contribution in [0.2, 0.25) is 0 Å². The van der Waals surface area contributed by atoms with Crippen LogP contribution in [0.15, 0.2) is 70.2 Å². The van der Waals surface area contributed by atoms with Gasteiger partial charge in [-0.1, -0.05) is 32.0 Å². The molecule has 1 saturated heterocycles. The summed E-state index contributed by atoms with van der Waals surface area (Å²) in [5.41, 5.74) is 5.65. The molecule has 0 aliphatic carbocycles. The second kappa shape index (κ2) is 13.9. The van der Waals surface area contributed by atoms with Crippen molar-refractivity contribution in [3.8, 4) is 28.8 Å². The van der Waals surface area contributed by atoms with Gasteiger partial charge >= 0.3 is 0 Å². The van der Waals surface area contributed by atoms with Gasteiger partial charge in [0, 0.05) is 22.6 Å². The predicted molar refractivity (Wildman–Crippen MR) is 160 cm³/mol. The van der Waals surface area contributed by atoms with Crippen LogP contribution in [0.25, 0.3) is 11.3 Å². The highest BCUT2D eigenvalue weighted by Gasteiger charge is 2.36. The summed E-state index contributed by atoms with van der Waals surface area (Å²) in [6.07, 6.45) is -0.480. The van der Waals surface area contributed by atoms with Gasteiger partial charge in [0.25, 0.3) is 5.88 Å². The quantitative estimate of drug-likeness (QED) is 0.137. The minimum atomic E-state index is -0.798. The number of nitrogens with zero attached hydrogens (tertiary/aromatic N) is 3. The minimum Gasteiger partial charge on any atom is -0.497 e. The van der Waals surface area contributed by atoms with Crippen LogP contribution >= 0.6 is 11.9 Å². The molecule has 2 N–H and O–H groups in total. The van der Waals surface area contributed by atoms with Crippen LogP contribution in [0.3, 0.4) is 0 Å². The third-order valence-electron chi connectivity index (χ3n) is 7.09. The van der Waals surface area contributed by atoms with Crippen molar-refractivity contribution in [1.82, 2.24) is 21.0 Å². The fourth-order valence-electron chi connectivity index (χ4n) is 4.47. The molecule has 0 bridgehead atoms. The van der Waals surface area contributed by atoms with Crippen molar-refractivity contribution in [2.75, 3.05) is 20.3 Å². The van der Waals surface area contributed by atoms with E-state index in [1.807, 2.05) is 38.1 Å². The van der Waals surface area contributed by atoms with E-state index in [1.165, 1.54) is 24.3 Å². The van der Waals surface area contributed by atoms with Gasteiger partial charge in [-0.15, -0.1) is 0 Å². The lowest BCUT2D eigenvalue weighted by Gasteiger charge is -2.22. The van der Waals surface area contributed by atoms with Gasteiger partial charge in [0.1, 0.15) is 35.9 Å². The second-order valence-corrected chi connectivity index (χ2v) is 11.0. The smallest absolute Gasteiger partial charge is 0.255 e. The Bertz CT molecular complexity index is 1680. The molecular weight excluding hydrogens is 612 g/mol. The summed E-state index contributed by atoms with van der Waals surface area (Å²) >= 11 is 5.32. The lowest BCUT2D eigenvalue weighted by molar-refractivity contribution is -0.121. The van der Waals surface area contributed by atoms with Crippen molar-refractivity contribution in [1.29, 1.82) is 0 Å². The van der Waals surface area contributed by atoms with Gasteiger partial charge in [-0.2, -0.15) is 0 Å². The van der Waals surface area contributed by atoms with Crippen LogP contribution in [0.4, 0.5) is 8.78 Å². The molecule has 0 radical (unpaired) electrons. The Morgan fingerprint density at radius 2 is 1.89 bits per heavy atom. The third kappa shape index (κ3) is 7.86. The number of amidine groups is 1. The first-order valence-corrected chi connectivity index (χ1v) is 14.1. The zero-order valence-corrected chi connectivity index (χ0v) is 25.4. The summed E-state index contributed by atoms with van der Waals surface area (Å²) in [5, 5.41) is 3.96. The van der Waals surface area contributed by atoms with Crippen LogP contribution in [-0.4, -0.2) is 48.2 Å². The van der Waals surface area contributed by atoms with Gasteiger partial charge in [0.2, 0.25) is 17.5 Å². The molecule has 4 aromatic rings. The number of rotatable bonds is 10. The van der Waals surface area contributed by atoms with Gasteiger partial charge in [-0.3, -0.25) is 20.6 Å². The molecule has 3 heterocycles. The predicted octanol–water partition coefficient (Wildman–Crippen LogP) is 5.17. The lowest BCUT2D eigenvalue weighted by atomic mass is 9.88. The molecule has 11 nitrogen and oxygen atoms in total. The van der Waals surface area contributed by atoms with E-state index in [-0.39, 0.29) is 58.2 Å². The number of benzene rings is 2. The monoisotopic (exact) mass is 641 g/mol. The molecule has 14 heteroatoms. The molecule has 1 aliphatic heterocycles. The molecular formula is C31H30ClF2N5O6. The number of carbonyl (C=O) groups excluding carboxylic acids is 1. The largest absolute Gasteiger partial charge is 0.497 e. The van der Waals surface area contributed by atoms with Gasteiger partial charge in [0.15, 0.2) is 5.84 Å². The summed E-state index contributed by atoms with van der Waals surface area (Å²) < 4.78 is 56.5. The molecule has 1 aliphatic rings. The first-order valence-electron chi connectivity index (χ1n) is 13.8. The number of hydrazine groups is 1. The maximum Gasteiger partial charge on any atom is 0.255 e. The average molecular weight is 642 g/mol. The van der Waals surface area contributed by atoms with Gasteiger partial charge in [0.05, 0.1) is 44.5 Å². The van der Waals surface area contributed by atoms with Crippen molar-refractivity contribution >= 4 is 23.6 Å². The van der Waals surface area contributed by atoms with Crippen LogP contribution in [0.1, 0.15) is 30.7 Å². The molecule has 0 saturated carbocycles. The van der Waals surface area contributed by atoms with E-state index >= 15 is 0 Å². The molecule has 2 aromatic heterocycles. The van der Waals surface area contributed by atoms with Crippen molar-refractivity contribution in [3.05, 3.63) is 89.2 Å². The molecule has 5 rings (SSSR count). The number of halogens is 3. The summed E-state index contributed by atoms with van der Waals surface area (Å²) in [6, 6.07) is 15.0. The number of aromatic nitrogens is 2. The Labute approximate surface area is 262 Å². The summed E-state index contributed by atoms with van der Waals surface area (Å²) in [6.45, 7) is 5.08. The molecule has 0 spiro atoms. The van der Waals surface area contributed by atoms with Crippen LogP contribution in [0.5, 0.6) is 17.5 Å². The first kappa shape index (κ1) is 31.7. The molecule has 2 aromatic carbocycles. The molecule has 1 amide bonds. The van der Waals surface area contributed by atoms with Gasteiger partial charge in [-0.05, 0) is 41.1 Å². The topological polar surface area (TPSA) is 129 Å². The van der Waals surface area contributed by atoms with Crippen LogP contribution in [0, 0.1) is 17.0 Å². The standard InChI is InChI=1S/C31H30ClF2N5O6/c1-31(2)17-42-16-26(31)36-30(25-14-29(39-45-25)43-15-18-7-9-20(41-3)10-8-18)38-37-27(40)12-19-11-23(34)21(13-22(19)33)24-5-4-6-28(35-24)44-32/h4-11,13-14,26H,12,15-17H2,1-3H3,(H,36,38)(H,37,40). The zero-order chi connectivity index (χ0) is 32.0. The van der Waals surface area contributed by atoms with E-state index in [0.717, 1.165) is 23.4 Å². The van der Waals surface area contributed by atoms with E-state index in [2.05, 4.69) is 25.3 Å². The second-order valence-electron chi connectivity index (χ2n) is 10.9. The SMILES string of the molecule is COc1ccc(COc2cc(C(=NC3COCC3(C)C)NNC(=O)Cc3cc(F)c(-c4cccc(OCl)n4)cc3F)on2)cc1. The van der Waals surface area contributed by atoms with Crippen molar-refractivity contribution in [3.63, 3.8) is 0 Å². The lowest BCUT2D eigenvalue weighted by Crippen LogP contribution is -2.44. The average Bonchev–Trinajstić information content (AvgIpc) is 3.65. The number of carbonyl (C=O) groups is 1. The highest BCUT2D eigenvalue weighted by Crippen LogP contribution is 2.31. The van der Waals surface area contributed by atoms with Crippen LogP contribution in [-0.2, 0) is 22.6 Å². The molecule has 1 fully saturated rings. The number of hydrogen-bond donors (Lipinski definition) is 2. The van der Waals surface area contributed by atoms with Crippen LogP contribution < -0.4 is 24.6 Å². The Kier molecular flexibility index (Phi) is 9.79. The summed E-state index contributed by atoms with van der Waals surface area (Å²) in [7, 11) is 1.59. The first-order chi connectivity index (χ1) is 21.6. The normalized spacial score (nSPS) is 15.9.